The van der Waals surface area contributed by atoms with Crippen LogP contribution in [0.2, 0.25) is 0 Å². The normalized spacial score (nSPS) is 11.1. The SMILES string of the molecule is CCn1cc[n+](Cc2nc3ccccc3[n-]2)c1. The lowest BCUT2D eigenvalue weighted by Crippen LogP contribution is -2.32. The third-order valence-corrected chi connectivity index (χ3v) is 2.82. The summed E-state index contributed by atoms with van der Waals surface area (Å²) in [4.78, 5) is 9.00. The van der Waals surface area contributed by atoms with E-state index in [9.17, 15) is 0 Å². The summed E-state index contributed by atoms with van der Waals surface area (Å²) in [6.07, 6.45) is 6.17. The highest BCUT2D eigenvalue weighted by molar-refractivity contribution is 5.74. The van der Waals surface area contributed by atoms with Gasteiger partial charge in [0, 0.05) is 0 Å². The fourth-order valence-corrected chi connectivity index (χ4v) is 1.91. The number of nitrogens with zero attached hydrogens (tertiary/aromatic N) is 4. The molecule has 86 valence electrons. The van der Waals surface area contributed by atoms with Crippen LogP contribution in [0.3, 0.4) is 0 Å². The van der Waals surface area contributed by atoms with Gasteiger partial charge in [0.1, 0.15) is 18.9 Å². The van der Waals surface area contributed by atoms with Crippen molar-refractivity contribution in [3.8, 4) is 0 Å². The number of fused-ring (bicyclic) bond motifs is 1. The first-order chi connectivity index (χ1) is 8.35. The van der Waals surface area contributed by atoms with Crippen molar-refractivity contribution in [1.82, 2.24) is 14.5 Å². The van der Waals surface area contributed by atoms with E-state index in [1.807, 2.05) is 30.5 Å². The second-order valence-corrected chi connectivity index (χ2v) is 4.04. The molecule has 0 saturated carbocycles. The second kappa shape index (κ2) is 4.05. The standard InChI is InChI=1S/C13H14N4/c1-2-16-7-8-17(10-16)9-13-14-11-5-3-4-6-12(11)15-13/h3-8,10H,2,9H2,1H3. The number of aromatic nitrogens is 4. The molecule has 4 heteroatoms. The first-order valence-electron chi connectivity index (χ1n) is 5.78. The van der Waals surface area contributed by atoms with Crippen molar-refractivity contribution in [2.45, 2.75) is 20.0 Å². The van der Waals surface area contributed by atoms with Crippen molar-refractivity contribution < 1.29 is 4.57 Å². The molecule has 0 fully saturated rings. The molecule has 0 amide bonds. The predicted molar refractivity (Wildman–Crippen MR) is 64.5 cm³/mol. The molecular weight excluding hydrogens is 212 g/mol. The highest BCUT2D eigenvalue weighted by Crippen LogP contribution is 2.08. The molecule has 2 aromatic heterocycles. The van der Waals surface area contributed by atoms with Crippen LogP contribution in [0.4, 0.5) is 0 Å². The summed E-state index contributed by atoms with van der Waals surface area (Å²) in [6.45, 7) is 3.83. The zero-order chi connectivity index (χ0) is 11.7. The van der Waals surface area contributed by atoms with Crippen molar-refractivity contribution >= 4 is 11.0 Å². The number of benzene rings is 1. The van der Waals surface area contributed by atoms with Crippen LogP contribution in [0.25, 0.3) is 11.0 Å². The molecule has 2 heterocycles. The van der Waals surface area contributed by atoms with Gasteiger partial charge in [-0.3, -0.25) is 0 Å². The molecule has 0 saturated heterocycles. The Morgan fingerprint density at radius 3 is 3.00 bits per heavy atom. The fourth-order valence-electron chi connectivity index (χ4n) is 1.91. The molecule has 0 bridgehead atoms. The van der Waals surface area contributed by atoms with Gasteiger partial charge in [-0.25, -0.2) is 9.13 Å². The molecule has 1 aromatic carbocycles. The second-order valence-electron chi connectivity index (χ2n) is 4.04. The van der Waals surface area contributed by atoms with Gasteiger partial charge in [0.25, 0.3) is 0 Å². The first-order valence-corrected chi connectivity index (χ1v) is 5.78. The maximum absolute atomic E-state index is 4.50. The third-order valence-electron chi connectivity index (χ3n) is 2.82. The van der Waals surface area contributed by atoms with E-state index in [-0.39, 0.29) is 0 Å². The third kappa shape index (κ3) is 1.93. The van der Waals surface area contributed by atoms with E-state index in [0.29, 0.717) is 0 Å². The Labute approximate surface area is 99.5 Å². The van der Waals surface area contributed by atoms with E-state index in [1.165, 1.54) is 0 Å². The highest BCUT2D eigenvalue weighted by Gasteiger charge is 2.01. The molecule has 0 aliphatic carbocycles. The van der Waals surface area contributed by atoms with Crippen molar-refractivity contribution in [1.29, 1.82) is 0 Å². The Kier molecular flexibility index (Phi) is 2.40. The van der Waals surface area contributed by atoms with Crippen LogP contribution < -0.4 is 9.55 Å². The van der Waals surface area contributed by atoms with Gasteiger partial charge in [0.15, 0.2) is 0 Å². The molecule has 3 aromatic rings. The topological polar surface area (TPSA) is 35.8 Å². The summed E-state index contributed by atoms with van der Waals surface area (Å²) < 4.78 is 4.22. The lowest BCUT2D eigenvalue weighted by molar-refractivity contribution is -0.688. The molecule has 0 aliphatic heterocycles. The Bertz CT molecular complexity index is 602. The fraction of sp³-hybridized carbons (Fsp3) is 0.231. The predicted octanol–water partition coefficient (Wildman–Crippen LogP) is 1.35. The van der Waals surface area contributed by atoms with Crippen LogP contribution in [0.5, 0.6) is 0 Å². The largest absolute Gasteiger partial charge is 0.436 e. The molecule has 0 atom stereocenters. The van der Waals surface area contributed by atoms with Crippen molar-refractivity contribution in [2.75, 3.05) is 0 Å². The van der Waals surface area contributed by atoms with Crippen molar-refractivity contribution in [2.24, 2.45) is 0 Å². The average Bonchev–Trinajstić information content (AvgIpc) is 2.94. The molecule has 4 nitrogen and oxygen atoms in total. The number of hydrogen-bond acceptors (Lipinski definition) is 1. The van der Waals surface area contributed by atoms with Crippen LogP contribution in [-0.4, -0.2) is 9.55 Å². The first kappa shape index (κ1) is 10.1. The minimum absolute atomic E-state index is 0.724. The molecule has 3 rings (SSSR count). The van der Waals surface area contributed by atoms with E-state index in [1.54, 1.807) is 0 Å². The summed E-state index contributed by atoms with van der Waals surface area (Å²) >= 11 is 0. The van der Waals surface area contributed by atoms with Gasteiger partial charge in [-0.05, 0) is 23.8 Å². The summed E-state index contributed by atoms with van der Waals surface area (Å²) in [6, 6.07) is 7.96. The maximum atomic E-state index is 4.50. The average molecular weight is 226 g/mol. The Morgan fingerprint density at radius 2 is 2.24 bits per heavy atom. The summed E-state index contributed by atoms with van der Waals surface area (Å²) in [5.41, 5.74) is 1.94. The van der Waals surface area contributed by atoms with Crippen LogP contribution in [0, 0.1) is 0 Å². The number of para-hydroxylation sites is 2. The molecule has 0 aliphatic rings. The van der Waals surface area contributed by atoms with Gasteiger partial charge in [-0.2, -0.15) is 0 Å². The highest BCUT2D eigenvalue weighted by atomic mass is 15.1. The minimum Gasteiger partial charge on any atom is -0.436 e. The van der Waals surface area contributed by atoms with Crippen LogP contribution in [0.1, 0.15) is 12.7 Å². The van der Waals surface area contributed by atoms with Crippen molar-refractivity contribution in [3.05, 3.63) is 48.8 Å². The van der Waals surface area contributed by atoms with Crippen molar-refractivity contribution in [3.63, 3.8) is 0 Å². The Hall–Kier alpha value is -2.10. The summed E-state index contributed by atoms with van der Waals surface area (Å²) in [5.74, 6) is 0.866. The number of rotatable bonds is 3. The monoisotopic (exact) mass is 226 g/mol. The zero-order valence-corrected chi connectivity index (χ0v) is 9.74. The van der Waals surface area contributed by atoms with Crippen LogP contribution in [-0.2, 0) is 13.1 Å². The van der Waals surface area contributed by atoms with E-state index < -0.39 is 0 Å². The summed E-state index contributed by atoms with van der Waals surface area (Å²) in [7, 11) is 0. The maximum Gasteiger partial charge on any atom is 0.244 e. The Balaban J connectivity index is 1.89. The van der Waals surface area contributed by atoms with Crippen LogP contribution in [0.15, 0.2) is 43.0 Å². The molecule has 0 N–H and O–H groups in total. The molecule has 17 heavy (non-hydrogen) atoms. The molecule has 0 spiro atoms. The van der Waals surface area contributed by atoms with Crippen LogP contribution >= 0.6 is 0 Å². The van der Waals surface area contributed by atoms with Gasteiger partial charge < -0.3 is 9.97 Å². The summed E-state index contributed by atoms with van der Waals surface area (Å²) in [5, 5.41) is 0. The van der Waals surface area contributed by atoms with Gasteiger partial charge in [0.05, 0.1) is 6.54 Å². The molecule has 0 unspecified atom stereocenters. The van der Waals surface area contributed by atoms with Gasteiger partial charge >= 0.3 is 0 Å². The molecular formula is C13H14N4. The van der Waals surface area contributed by atoms with E-state index in [0.717, 1.165) is 29.9 Å². The van der Waals surface area contributed by atoms with E-state index >= 15 is 0 Å². The minimum atomic E-state index is 0.724. The molecule has 0 radical (unpaired) electrons. The smallest absolute Gasteiger partial charge is 0.244 e. The lowest BCUT2D eigenvalue weighted by atomic mass is 10.3. The van der Waals surface area contributed by atoms with Gasteiger partial charge in [0.2, 0.25) is 6.33 Å². The lowest BCUT2D eigenvalue weighted by Gasteiger charge is -1.98. The number of imidazole rings is 2. The Morgan fingerprint density at radius 1 is 1.35 bits per heavy atom. The van der Waals surface area contributed by atoms with Gasteiger partial charge in [-0.1, -0.05) is 24.3 Å². The number of aryl methyl sites for hydroxylation is 1. The number of hydrogen-bond donors (Lipinski definition) is 0. The van der Waals surface area contributed by atoms with E-state index in [2.05, 4.69) is 38.6 Å². The van der Waals surface area contributed by atoms with Gasteiger partial charge in [-0.15, -0.1) is 0 Å². The van der Waals surface area contributed by atoms with E-state index in [4.69, 9.17) is 0 Å². The zero-order valence-electron chi connectivity index (χ0n) is 9.74. The quantitative estimate of drug-likeness (QED) is 0.632.